The molecule has 10 heteroatoms. The summed E-state index contributed by atoms with van der Waals surface area (Å²) in [5.74, 6) is -0.527. The summed E-state index contributed by atoms with van der Waals surface area (Å²) in [6.45, 7) is -0.454. The first-order chi connectivity index (χ1) is 11.7. The predicted molar refractivity (Wildman–Crippen MR) is 88.2 cm³/mol. The van der Waals surface area contributed by atoms with Gasteiger partial charge in [0.1, 0.15) is 13.2 Å². The number of amides is 1. The first-order valence-corrected chi connectivity index (χ1v) is 8.03. The summed E-state index contributed by atoms with van der Waals surface area (Å²) in [7, 11) is 0. The standard InChI is InChI=1S/C15H15BrF3N3O3/c1-9(6-25-7-15(17,18)19)21-13(23)5-22-8-20-12-3-2-10(16)4-11(12)14(22)24/h2-4,8-9H,5-7H2,1H3,(H,21,23). The number of benzene rings is 1. The Morgan fingerprint density at radius 1 is 1.44 bits per heavy atom. The number of alkyl halides is 3. The molecule has 0 bridgehead atoms. The molecule has 1 N–H and O–H groups in total. The summed E-state index contributed by atoms with van der Waals surface area (Å²) in [6, 6.07) is 4.39. The van der Waals surface area contributed by atoms with Crippen LogP contribution < -0.4 is 10.9 Å². The smallest absolute Gasteiger partial charge is 0.370 e. The van der Waals surface area contributed by atoms with E-state index in [1.807, 2.05) is 0 Å². The minimum Gasteiger partial charge on any atom is -0.370 e. The highest BCUT2D eigenvalue weighted by molar-refractivity contribution is 9.10. The number of nitrogens with zero attached hydrogens (tertiary/aromatic N) is 2. The molecule has 1 amide bonds. The molecule has 2 rings (SSSR count). The average Bonchev–Trinajstić information content (AvgIpc) is 2.49. The minimum absolute atomic E-state index is 0.289. The molecule has 2 aromatic rings. The van der Waals surface area contributed by atoms with E-state index in [1.165, 1.54) is 13.3 Å². The third kappa shape index (κ3) is 5.82. The molecule has 0 fully saturated rings. The fraction of sp³-hybridized carbons (Fsp3) is 0.400. The molecule has 1 aromatic carbocycles. The predicted octanol–water partition coefficient (Wildman–Crippen LogP) is 2.24. The van der Waals surface area contributed by atoms with Gasteiger partial charge >= 0.3 is 6.18 Å². The first kappa shape index (κ1) is 19.4. The van der Waals surface area contributed by atoms with Crippen molar-refractivity contribution in [1.82, 2.24) is 14.9 Å². The maximum absolute atomic E-state index is 12.4. The quantitative estimate of drug-likeness (QED) is 0.776. The molecule has 1 unspecified atom stereocenters. The van der Waals surface area contributed by atoms with Gasteiger partial charge in [-0.25, -0.2) is 4.98 Å². The molecule has 1 atom stereocenters. The summed E-state index contributed by atoms with van der Waals surface area (Å²) in [6.07, 6.45) is -3.16. The molecule has 6 nitrogen and oxygen atoms in total. The number of hydrogen-bond donors (Lipinski definition) is 1. The molecule has 0 aliphatic carbocycles. The van der Waals surface area contributed by atoms with Crippen LogP contribution in [0.5, 0.6) is 0 Å². The number of carbonyl (C=O) groups excluding carboxylic acids is 1. The summed E-state index contributed by atoms with van der Waals surface area (Å²) < 4.78 is 42.3. The van der Waals surface area contributed by atoms with Crippen molar-refractivity contribution >= 4 is 32.7 Å². The molecular formula is C15H15BrF3N3O3. The van der Waals surface area contributed by atoms with Crippen LogP contribution in [0, 0.1) is 0 Å². The van der Waals surface area contributed by atoms with E-state index in [1.54, 1.807) is 18.2 Å². The van der Waals surface area contributed by atoms with Gasteiger partial charge in [-0.05, 0) is 25.1 Å². The summed E-state index contributed by atoms with van der Waals surface area (Å²) in [5, 5.41) is 2.83. The van der Waals surface area contributed by atoms with Crippen molar-refractivity contribution in [1.29, 1.82) is 0 Å². The van der Waals surface area contributed by atoms with Gasteiger partial charge in [-0.3, -0.25) is 14.2 Å². The maximum atomic E-state index is 12.4. The zero-order chi connectivity index (χ0) is 18.6. The molecule has 136 valence electrons. The molecule has 0 spiro atoms. The Morgan fingerprint density at radius 2 is 2.16 bits per heavy atom. The Labute approximate surface area is 149 Å². The van der Waals surface area contributed by atoms with E-state index in [-0.39, 0.29) is 18.7 Å². The summed E-state index contributed by atoms with van der Waals surface area (Å²) in [5.41, 5.74) is 0.112. The van der Waals surface area contributed by atoms with E-state index in [2.05, 4.69) is 31.0 Å². The average molecular weight is 422 g/mol. The van der Waals surface area contributed by atoms with Crippen LogP contribution in [0.15, 0.2) is 33.8 Å². The third-order valence-electron chi connectivity index (χ3n) is 3.14. The Kier molecular flexibility index (Phi) is 6.17. The van der Waals surface area contributed by atoms with Gasteiger partial charge in [0.05, 0.1) is 23.8 Å². The number of carbonyl (C=O) groups is 1. The zero-order valence-corrected chi connectivity index (χ0v) is 14.7. The third-order valence-corrected chi connectivity index (χ3v) is 3.63. The fourth-order valence-electron chi connectivity index (χ4n) is 2.11. The number of nitrogens with one attached hydrogen (secondary N) is 1. The number of hydrogen-bond acceptors (Lipinski definition) is 4. The van der Waals surface area contributed by atoms with Crippen molar-refractivity contribution in [2.75, 3.05) is 13.2 Å². The summed E-state index contributed by atoms with van der Waals surface area (Å²) >= 11 is 3.26. The van der Waals surface area contributed by atoms with Gasteiger partial charge in [-0.2, -0.15) is 13.2 Å². The van der Waals surface area contributed by atoms with E-state index in [9.17, 15) is 22.8 Å². The van der Waals surface area contributed by atoms with E-state index in [0.29, 0.717) is 15.4 Å². The number of rotatable bonds is 6. The minimum atomic E-state index is -4.41. The highest BCUT2D eigenvalue weighted by atomic mass is 79.9. The Bertz CT molecular complexity index is 823. The molecule has 0 aliphatic rings. The molecule has 25 heavy (non-hydrogen) atoms. The Balaban J connectivity index is 1.97. The molecule has 0 aliphatic heterocycles. The Hall–Kier alpha value is -1.94. The van der Waals surface area contributed by atoms with Gasteiger partial charge in [-0.1, -0.05) is 15.9 Å². The van der Waals surface area contributed by atoms with E-state index < -0.39 is 24.7 Å². The van der Waals surface area contributed by atoms with Crippen molar-refractivity contribution in [3.05, 3.63) is 39.4 Å². The first-order valence-electron chi connectivity index (χ1n) is 7.24. The van der Waals surface area contributed by atoms with Gasteiger partial charge in [-0.15, -0.1) is 0 Å². The molecule has 1 heterocycles. The molecule has 0 radical (unpaired) electrons. The fourth-order valence-corrected chi connectivity index (χ4v) is 2.47. The van der Waals surface area contributed by atoms with Crippen LogP contribution in [-0.4, -0.2) is 40.9 Å². The van der Waals surface area contributed by atoms with Gasteiger partial charge < -0.3 is 10.1 Å². The topological polar surface area (TPSA) is 73.2 Å². The molecular weight excluding hydrogens is 407 g/mol. The second-order valence-corrected chi connectivity index (χ2v) is 6.35. The second-order valence-electron chi connectivity index (χ2n) is 5.44. The highest BCUT2D eigenvalue weighted by Gasteiger charge is 2.27. The van der Waals surface area contributed by atoms with Crippen LogP contribution >= 0.6 is 15.9 Å². The summed E-state index contributed by atoms with van der Waals surface area (Å²) in [4.78, 5) is 28.4. The Morgan fingerprint density at radius 3 is 2.84 bits per heavy atom. The lowest BCUT2D eigenvalue weighted by molar-refractivity contribution is -0.175. The lowest BCUT2D eigenvalue weighted by atomic mass is 10.2. The maximum Gasteiger partial charge on any atom is 0.411 e. The van der Waals surface area contributed by atoms with Gasteiger partial charge in [0.2, 0.25) is 5.91 Å². The SMILES string of the molecule is CC(COCC(F)(F)F)NC(=O)Cn1cnc2ccc(Br)cc2c1=O. The molecule has 0 saturated carbocycles. The van der Waals surface area contributed by atoms with Crippen LogP contribution in [0.3, 0.4) is 0 Å². The van der Waals surface area contributed by atoms with Crippen LogP contribution in [0.2, 0.25) is 0 Å². The van der Waals surface area contributed by atoms with Gasteiger partial charge in [0.15, 0.2) is 0 Å². The normalized spacial score (nSPS) is 13.0. The second kappa shape index (κ2) is 7.96. The van der Waals surface area contributed by atoms with Crippen LogP contribution in [0.4, 0.5) is 13.2 Å². The lowest BCUT2D eigenvalue weighted by Crippen LogP contribution is -2.40. The van der Waals surface area contributed by atoms with Crippen LogP contribution in [-0.2, 0) is 16.1 Å². The van der Waals surface area contributed by atoms with E-state index in [0.717, 1.165) is 4.57 Å². The van der Waals surface area contributed by atoms with Crippen LogP contribution in [0.1, 0.15) is 6.92 Å². The van der Waals surface area contributed by atoms with Crippen molar-refractivity contribution in [2.45, 2.75) is 25.7 Å². The molecule has 1 aromatic heterocycles. The number of ether oxygens (including phenoxy) is 1. The molecule has 0 saturated heterocycles. The van der Waals surface area contributed by atoms with E-state index >= 15 is 0 Å². The van der Waals surface area contributed by atoms with Crippen molar-refractivity contribution in [3.63, 3.8) is 0 Å². The van der Waals surface area contributed by atoms with Crippen molar-refractivity contribution < 1.29 is 22.7 Å². The largest absolute Gasteiger partial charge is 0.411 e. The van der Waals surface area contributed by atoms with Crippen molar-refractivity contribution in [2.24, 2.45) is 0 Å². The lowest BCUT2D eigenvalue weighted by Gasteiger charge is -2.15. The number of fused-ring (bicyclic) bond motifs is 1. The van der Waals surface area contributed by atoms with Gasteiger partial charge in [0, 0.05) is 10.5 Å². The van der Waals surface area contributed by atoms with E-state index in [4.69, 9.17) is 0 Å². The van der Waals surface area contributed by atoms with Gasteiger partial charge in [0.25, 0.3) is 5.56 Å². The van der Waals surface area contributed by atoms with Crippen molar-refractivity contribution in [3.8, 4) is 0 Å². The zero-order valence-electron chi connectivity index (χ0n) is 13.1. The monoisotopic (exact) mass is 421 g/mol. The number of aromatic nitrogens is 2. The highest BCUT2D eigenvalue weighted by Crippen LogP contribution is 2.15. The van der Waals surface area contributed by atoms with Crippen LogP contribution in [0.25, 0.3) is 10.9 Å². The number of halogens is 4.